The van der Waals surface area contributed by atoms with E-state index in [2.05, 4.69) is 40.0 Å². The van der Waals surface area contributed by atoms with Gasteiger partial charge in [0.25, 0.3) is 0 Å². The van der Waals surface area contributed by atoms with Crippen LogP contribution >= 0.6 is 39.7 Å². The fraction of sp³-hybridized carbons (Fsp3) is 0.0714. The number of hydrogen-bond donors (Lipinski definition) is 1. The third-order valence-electron chi connectivity index (χ3n) is 3.01. The van der Waals surface area contributed by atoms with Crippen LogP contribution in [0.1, 0.15) is 5.56 Å². The number of rotatable bonds is 1. The van der Waals surface area contributed by atoms with Gasteiger partial charge in [-0.2, -0.15) is 0 Å². The Kier molecular flexibility index (Phi) is 3.25. The van der Waals surface area contributed by atoms with Crippen LogP contribution in [-0.4, -0.2) is 9.55 Å². The maximum atomic E-state index is 6.16. The summed E-state index contributed by atoms with van der Waals surface area (Å²) in [6, 6.07) is 12.0. The number of benzene rings is 2. The SMILES string of the molecule is Cc1ccc2[nH]c(=S)n(-c3cccc(Cl)c3Br)c2c1. The number of nitrogens with one attached hydrogen (secondary N) is 1. The van der Waals surface area contributed by atoms with Gasteiger partial charge in [-0.25, -0.2) is 0 Å². The first-order valence-electron chi connectivity index (χ1n) is 5.73. The molecule has 0 spiro atoms. The highest BCUT2D eigenvalue weighted by molar-refractivity contribution is 9.10. The highest BCUT2D eigenvalue weighted by atomic mass is 79.9. The first-order valence-corrected chi connectivity index (χ1v) is 7.31. The lowest BCUT2D eigenvalue weighted by Gasteiger charge is -2.08. The summed E-state index contributed by atoms with van der Waals surface area (Å²) in [6.07, 6.45) is 0. The van der Waals surface area contributed by atoms with E-state index in [1.807, 2.05) is 28.8 Å². The largest absolute Gasteiger partial charge is 0.330 e. The van der Waals surface area contributed by atoms with Crippen molar-refractivity contribution < 1.29 is 0 Å². The van der Waals surface area contributed by atoms with Gasteiger partial charge in [0, 0.05) is 0 Å². The van der Waals surface area contributed by atoms with Gasteiger partial charge in [-0.3, -0.25) is 4.57 Å². The molecule has 1 aromatic heterocycles. The van der Waals surface area contributed by atoms with Crippen LogP contribution in [0.3, 0.4) is 0 Å². The summed E-state index contributed by atoms with van der Waals surface area (Å²) in [5.41, 5.74) is 4.19. The molecule has 1 heterocycles. The number of H-pyrrole nitrogens is 1. The predicted octanol–water partition coefficient (Wildman–Crippen LogP) is 5.41. The standard InChI is InChI=1S/C14H10BrClN2S/c1-8-5-6-10-12(7-8)18(14(19)17-10)11-4-2-3-9(16)13(11)15/h2-7H,1H3,(H,17,19). The molecule has 0 fully saturated rings. The van der Waals surface area contributed by atoms with Crippen molar-refractivity contribution in [1.82, 2.24) is 9.55 Å². The Morgan fingerprint density at radius 2 is 2.05 bits per heavy atom. The third kappa shape index (κ3) is 2.14. The van der Waals surface area contributed by atoms with Crippen molar-refractivity contribution in [3.8, 4) is 5.69 Å². The molecule has 2 aromatic carbocycles. The van der Waals surface area contributed by atoms with E-state index >= 15 is 0 Å². The van der Waals surface area contributed by atoms with Crippen LogP contribution in [0.5, 0.6) is 0 Å². The number of aromatic nitrogens is 2. The van der Waals surface area contributed by atoms with E-state index in [1.54, 1.807) is 0 Å². The quantitative estimate of drug-likeness (QED) is 0.580. The highest BCUT2D eigenvalue weighted by Crippen LogP contribution is 2.31. The molecule has 0 atom stereocenters. The minimum absolute atomic E-state index is 0.656. The van der Waals surface area contributed by atoms with Crippen LogP contribution < -0.4 is 0 Å². The van der Waals surface area contributed by atoms with Crippen LogP contribution in [0.15, 0.2) is 40.9 Å². The Labute approximate surface area is 129 Å². The van der Waals surface area contributed by atoms with Crippen molar-refractivity contribution >= 4 is 50.8 Å². The zero-order valence-electron chi connectivity index (χ0n) is 10.1. The Hall–Kier alpha value is -1.10. The molecule has 0 amide bonds. The van der Waals surface area contributed by atoms with Crippen molar-refractivity contribution in [3.63, 3.8) is 0 Å². The average molecular weight is 354 g/mol. The predicted molar refractivity (Wildman–Crippen MR) is 85.9 cm³/mol. The van der Waals surface area contributed by atoms with Crippen molar-refractivity contribution in [2.45, 2.75) is 6.92 Å². The number of hydrogen-bond acceptors (Lipinski definition) is 1. The van der Waals surface area contributed by atoms with Crippen LogP contribution in [0.25, 0.3) is 16.7 Å². The van der Waals surface area contributed by atoms with E-state index in [0.29, 0.717) is 9.79 Å². The molecular weight excluding hydrogens is 344 g/mol. The number of fused-ring (bicyclic) bond motifs is 1. The lowest BCUT2D eigenvalue weighted by Crippen LogP contribution is -1.95. The van der Waals surface area contributed by atoms with Gasteiger partial charge in [-0.05, 0) is 64.9 Å². The summed E-state index contributed by atoms with van der Waals surface area (Å²) in [4.78, 5) is 3.21. The number of aryl methyl sites for hydroxylation is 1. The van der Waals surface area contributed by atoms with E-state index in [9.17, 15) is 0 Å². The smallest absolute Gasteiger partial charge is 0.182 e. The summed E-state index contributed by atoms with van der Waals surface area (Å²) in [6.45, 7) is 2.06. The van der Waals surface area contributed by atoms with Gasteiger partial charge < -0.3 is 4.98 Å². The minimum atomic E-state index is 0.656. The molecule has 0 aliphatic heterocycles. The van der Waals surface area contributed by atoms with Gasteiger partial charge >= 0.3 is 0 Å². The third-order valence-corrected chi connectivity index (χ3v) is 4.67. The van der Waals surface area contributed by atoms with E-state index in [1.165, 1.54) is 5.56 Å². The van der Waals surface area contributed by atoms with Gasteiger partial charge in [-0.15, -0.1) is 0 Å². The Morgan fingerprint density at radius 3 is 2.84 bits per heavy atom. The second-order valence-electron chi connectivity index (χ2n) is 4.36. The molecule has 0 aliphatic rings. The summed E-state index contributed by atoms with van der Waals surface area (Å²) in [5.74, 6) is 0. The molecule has 3 rings (SSSR count). The number of imidazole rings is 1. The normalized spacial score (nSPS) is 11.1. The first-order chi connectivity index (χ1) is 9.08. The lowest BCUT2D eigenvalue weighted by molar-refractivity contribution is 1.06. The van der Waals surface area contributed by atoms with Crippen molar-refractivity contribution in [3.05, 3.63) is 56.2 Å². The summed E-state index contributed by atoms with van der Waals surface area (Å²) >= 11 is 15.1. The molecule has 0 unspecified atom stereocenters. The molecule has 5 heteroatoms. The highest BCUT2D eigenvalue weighted by Gasteiger charge is 2.11. The molecule has 3 aromatic rings. The van der Waals surface area contributed by atoms with Gasteiger partial charge in [0.2, 0.25) is 0 Å². The fourth-order valence-corrected chi connectivity index (χ4v) is 3.04. The molecule has 96 valence electrons. The van der Waals surface area contributed by atoms with E-state index in [-0.39, 0.29) is 0 Å². The van der Waals surface area contributed by atoms with Crippen LogP contribution in [0.4, 0.5) is 0 Å². The molecule has 0 bridgehead atoms. The fourth-order valence-electron chi connectivity index (χ4n) is 2.12. The molecule has 1 N–H and O–H groups in total. The minimum Gasteiger partial charge on any atom is -0.330 e. The molecule has 0 saturated carbocycles. The lowest BCUT2D eigenvalue weighted by atomic mass is 10.2. The van der Waals surface area contributed by atoms with Crippen molar-refractivity contribution in [2.75, 3.05) is 0 Å². The molecule has 2 nitrogen and oxygen atoms in total. The van der Waals surface area contributed by atoms with Gasteiger partial charge in [0.05, 0.1) is 26.2 Å². The van der Waals surface area contributed by atoms with E-state index in [0.717, 1.165) is 21.2 Å². The maximum absolute atomic E-state index is 6.16. The monoisotopic (exact) mass is 352 g/mol. The van der Waals surface area contributed by atoms with Crippen LogP contribution in [-0.2, 0) is 0 Å². The molecule has 0 radical (unpaired) electrons. The van der Waals surface area contributed by atoms with E-state index in [4.69, 9.17) is 23.8 Å². The molecule has 19 heavy (non-hydrogen) atoms. The summed E-state index contributed by atoms with van der Waals surface area (Å²) in [5, 5.41) is 0.668. The Balaban J connectivity index is 2.42. The Morgan fingerprint density at radius 1 is 1.26 bits per heavy atom. The molecular formula is C14H10BrClN2S. The topological polar surface area (TPSA) is 20.7 Å². The second-order valence-corrected chi connectivity index (χ2v) is 5.95. The first kappa shape index (κ1) is 12.9. The van der Waals surface area contributed by atoms with Crippen molar-refractivity contribution in [1.29, 1.82) is 0 Å². The molecule has 0 saturated heterocycles. The van der Waals surface area contributed by atoms with Crippen LogP contribution in [0.2, 0.25) is 5.02 Å². The van der Waals surface area contributed by atoms with Gasteiger partial charge in [0.15, 0.2) is 4.77 Å². The zero-order chi connectivity index (χ0) is 13.6. The van der Waals surface area contributed by atoms with Gasteiger partial charge in [-0.1, -0.05) is 23.7 Å². The maximum Gasteiger partial charge on any atom is 0.182 e. The Bertz CT molecular complexity index is 835. The van der Waals surface area contributed by atoms with E-state index < -0.39 is 0 Å². The van der Waals surface area contributed by atoms with Gasteiger partial charge in [0.1, 0.15) is 0 Å². The molecule has 0 aliphatic carbocycles. The van der Waals surface area contributed by atoms with Crippen molar-refractivity contribution in [2.24, 2.45) is 0 Å². The summed E-state index contributed by atoms with van der Waals surface area (Å²) in [7, 11) is 0. The average Bonchev–Trinajstić information content (AvgIpc) is 2.69. The second kappa shape index (κ2) is 4.78. The number of halogens is 2. The summed E-state index contributed by atoms with van der Waals surface area (Å²) < 4.78 is 3.49. The zero-order valence-corrected chi connectivity index (χ0v) is 13.2. The number of nitrogens with zero attached hydrogens (tertiary/aromatic N) is 1. The van der Waals surface area contributed by atoms with Crippen LogP contribution in [0, 0.1) is 11.7 Å². The number of aromatic amines is 1.